The second-order valence-electron chi connectivity index (χ2n) is 6.81. The normalized spacial score (nSPS) is 23.3. The molecule has 3 heteroatoms. The Morgan fingerprint density at radius 2 is 1.57 bits per heavy atom. The van der Waals surface area contributed by atoms with Crippen LogP contribution in [0.15, 0.2) is 54.9 Å². The van der Waals surface area contributed by atoms with Crippen LogP contribution in [0.1, 0.15) is 30.7 Å². The van der Waals surface area contributed by atoms with Crippen LogP contribution in [0.4, 0.5) is 5.69 Å². The monoisotopic (exact) mass is 307 g/mol. The molecule has 0 aliphatic carbocycles. The topological polar surface area (TPSA) is 19.4 Å². The van der Waals surface area contributed by atoms with Gasteiger partial charge in [-0.3, -0.25) is 9.88 Å². The van der Waals surface area contributed by atoms with Crippen molar-refractivity contribution in [2.75, 3.05) is 31.1 Å². The Morgan fingerprint density at radius 3 is 2.30 bits per heavy atom. The fourth-order valence-electron chi connectivity index (χ4n) is 4.15. The molecule has 2 fully saturated rings. The van der Waals surface area contributed by atoms with Crippen LogP contribution in [-0.4, -0.2) is 42.1 Å². The van der Waals surface area contributed by atoms with Gasteiger partial charge in [-0.1, -0.05) is 18.2 Å². The maximum atomic E-state index is 4.14. The highest BCUT2D eigenvalue weighted by Gasteiger charge is 2.30. The van der Waals surface area contributed by atoms with Gasteiger partial charge in [-0.15, -0.1) is 0 Å². The molecule has 1 atom stereocenters. The molecule has 1 aromatic carbocycles. The summed E-state index contributed by atoms with van der Waals surface area (Å²) >= 11 is 0. The molecular weight excluding hydrogens is 282 g/mol. The highest BCUT2D eigenvalue weighted by molar-refractivity contribution is 5.47. The van der Waals surface area contributed by atoms with Crippen LogP contribution >= 0.6 is 0 Å². The zero-order chi connectivity index (χ0) is 15.5. The molecule has 23 heavy (non-hydrogen) atoms. The van der Waals surface area contributed by atoms with Gasteiger partial charge in [-0.2, -0.15) is 0 Å². The Labute approximate surface area is 139 Å². The number of likely N-dealkylation sites (tertiary alicyclic amines) is 1. The minimum absolute atomic E-state index is 0.723. The second kappa shape index (κ2) is 6.71. The van der Waals surface area contributed by atoms with E-state index in [0.717, 1.165) is 12.0 Å². The average Bonchev–Trinajstić information content (AvgIpc) is 3.14. The van der Waals surface area contributed by atoms with Crippen molar-refractivity contribution in [2.24, 2.45) is 0 Å². The number of piperidine rings is 1. The van der Waals surface area contributed by atoms with E-state index in [0.29, 0.717) is 0 Å². The molecule has 2 saturated heterocycles. The number of anilines is 1. The Kier molecular flexibility index (Phi) is 4.29. The molecule has 0 N–H and O–H groups in total. The average molecular weight is 307 g/mol. The van der Waals surface area contributed by atoms with E-state index in [1.54, 1.807) is 0 Å². The van der Waals surface area contributed by atoms with E-state index in [1.165, 1.54) is 56.7 Å². The van der Waals surface area contributed by atoms with Crippen molar-refractivity contribution in [3.63, 3.8) is 0 Å². The minimum atomic E-state index is 0.723. The third-order valence-corrected chi connectivity index (χ3v) is 5.51. The highest BCUT2D eigenvalue weighted by Crippen LogP contribution is 2.31. The second-order valence-corrected chi connectivity index (χ2v) is 6.81. The highest BCUT2D eigenvalue weighted by atomic mass is 15.3. The molecule has 0 saturated carbocycles. The maximum absolute atomic E-state index is 4.14. The van der Waals surface area contributed by atoms with Gasteiger partial charge in [0.1, 0.15) is 0 Å². The van der Waals surface area contributed by atoms with Crippen molar-refractivity contribution in [3.8, 4) is 0 Å². The number of hydrogen-bond donors (Lipinski definition) is 0. The van der Waals surface area contributed by atoms with Gasteiger partial charge in [-0.25, -0.2) is 0 Å². The number of rotatable bonds is 3. The first-order valence-corrected chi connectivity index (χ1v) is 8.84. The fraction of sp³-hybridized carbons (Fsp3) is 0.450. The molecule has 0 bridgehead atoms. The van der Waals surface area contributed by atoms with Crippen molar-refractivity contribution in [1.82, 2.24) is 9.88 Å². The molecule has 0 radical (unpaired) electrons. The smallest absolute Gasteiger partial charge is 0.0366 e. The molecule has 2 aliphatic heterocycles. The van der Waals surface area contributed by atoms with Gasteiger partial charge >= 0.3 is 0 Å². The van der Waals surface area contributed by atoms with Crippen molar-refractivity contribution >= 4 is 5.69 Å². The largest absolute Gasteiger partial charge is 0.370 e. The van der Waals surface area contributed by atoms with E-state index in [4.69, 9.17) is 0 Å². The van der Waals surface area contributed by atoms with Crippen molar-refractivity contribution in [2.45, 2.75) is 31.2 Å². The van der Waals surface area contributed by atoms with Crippen LogP contribution < -0.4 is 4.90 Å². The number of para-hydroxylation sites is 1. The van der Waals surface area contributed by atoms with E-state index in [-0.39, 0.29) is 0 Å². The van der Waals surface area contributed by atoms with Crippen molar-refractivity contribution < 1.29 is 0 Å². The molecule has 2 aliphatic rings. The van der Waals surface area contributed by atoms with E-state index in [9.17, 15) is 0 Å². The third kappa shape index (κ3) is 3.25. The lowest BCUT2D eigenvalue weighted by Crippen LogP contribution is -2.42. The van der Waals surface area contributed by atoms with Crippen LogP contribution in [-0.2, 0) is 0 Å². The van der Waals surface area contributed by atoms with Crippen LogP contribution in [0.25, 0.3) is 0 Å². The Hall–Kier alpha value is -1.87. The van der Waals surface area contributed by atoms with Crippen LogP contribution in [0.5, 0.6) is 0 Å². The van der Waals surface area contributed by atoms with Crippen LogP contribution in [0, 0.1) is 0 Å². The molecule has 3 nitrogen and oxygen atoms in total. The number of benzene rings is 1. The summed E-state index contributed by atoms with van der Waals surface area (Å²) in [6.07, 6.45) is 7.72. The molecule has 0 spiro atoms. The van der Waals surface area contributed by atoms with Crippen LogP contribution in [0.2, 0.25) is 0 Å². The molecular formula is C20H25N3. The third-order valence-electron chi connectivity index (χ3n) is 5.51. The van der Waals surface area contributed by atoms with Gasteiger partial charge in [0, 0.05) is 37.2 Å². The lowest BCUT2D eigenvalue weighted by Gasteiger charge is -2.36. The first-order chi connectivity index (χ1) is 11.4. The van der Waals surface area contributed by atoms with Crippen molar-refractivity contribution in [3.05, 3.63) is 60.4 Å². The summed E-state index contributed by atoms with van der Waals surface area (Å²) in [7, 11) is 0. The van der Waals surface area contributed by atoms with Gasteiger partial charge in [0.25, 0.3) is 0 Å². The summed E-state index contributed by atoms with van der Waals surface area (Å²) < 4.78 is 0. The quantitative estimate of drug-likeness (QED) is 0.864. The first kappa shape index (κ1) is 14.7. The standard InChI is InChI=1S/C20H25N3/c1-2-4-19(5-3-1)23-15-10-20(16-23)22-13-8-18(9-14-22)17-6-11-21-12-7-17/h1-7,11-12,18,20H,8-10,13-16H2. The van der Waals surface area contributed by atoms with E-state index >= 15 is 0 Å². The van der Waals surface area contributed by atoms with E-state index < -0.39 is 0 Å². The van der Waals surface area contributed by atoms with Gasteiger partial charge in [0.15, 0.2) is 0 Å². The lowest BCUT2D eigenvalue weighted by molar-refractivity contribution is 0.162. The Bertz CT molecular complexity index is 605. The van der Waals surface area contributed by atoms with E-state index in [1.807, 2.05) is 12.4 Å². The summed E-state index contributed by atoms with van der Waals surface area (Å²) in [5.74, 6) is 0.723. The van der Waals surface area contributed by atoms with Gasteiger partial charge < -0.3 is 4.90 Å². The van der Waals surface area contributed by atoms with Crippen LogP contribution in [0.3, 0.4) is 0 Å². The number of aromatic nitrogens is 1. The Balaban J connectivity index is 1.33. The zero-order valence-electron chi connectivity index (χ0n) is 13.6. The number of nitrogens with zero attached hydrogens (tertiary/aromatic N) is 3. The maximum Gasteiger partial charge on any atom is 0.0366 e. The van der Waals surface area contributed by atoms with E-state index in [2.05, 4.69) is 57.2 Å². The predicted octanol–water partition coefficient (Wildman–Crippen LogP) is 3.54. The summed E-state index contributed by atoms with van der Waals surface area (Å²) in [4.78, 5) is 9.40. The molecule has 0 amide bonds. The Morgan fingerprint density at radius 1 is 0.826 bits per heavy atom. The van der Waals surface area contributed by atoms with Gasteiger partial charge in [-0.05, 0) is 68.1 Å². The zero-order valence-corrected chi connectivity index (χ0v) is 13.6. The SMILES string of the molecule is c1ccc(N2CCC(N3CCC(c4ccncc4)CC3)C2)cc1. The number of pyridine rings is 1. The molecule has 1 aromatic heterocycles. The molecule has 120 valence electrons. The summed E-state index contributed by atoms with van der Waals surface area (Å²) in [6.45, 7) is 4.85. The lowest BCUT2D eigenvalue weighted by atomic mass is 9.89. The molecule has 3 heterocycles. The minimum Gasteiger partial charge on any atom is -0.370 e. The first-order valence-electron chi connectivity index (χ1n) is 8.84. The fourth-order valence-corrected chi connectivity index (χ4v) is 4.15. The predicted molar refractivity (Wildman–Crippen MR) is 94.8 cm³/mol. The summed E-state index contributed by atoms with van der Waals surface area (Å²) in [6, 6.07) is 16.0. The molecule has 2 aromatic rings. The van der Waals surface area contributed by atoms with Gasteiger partial charge in [0.2, 0.25) is 0 Å². The van der Waals surface area contributed by atoms with Gasteiger partial charge in [0.05, 0.1) is 0 Å². The molecule has 1 unspecified atom stereocenters. The summed E-state index contributed by atoms with van der Waals surface area (Å²) in [5.41, 5.74) is 2.85. The summed E-state index contributed by atoms with van der Waals surface area (Å²) in [5, 5.41) is 0. The number of hydrogen-bond acceptors (Lipinski definition) is 3. The molecule has 4 rings (SSSR count). The van der Waals surface area contributed by atoms with Crippen molar-refractivity contribution in [1.29, 1.82) is 0 Å².